The molecular weight excluding hydrogens is 542 g/mol. The zero-order valence-electron chi connectivity index (χ0n) is 25.1. The Kier molecular flexibility index (Phi) is 13.5. The van der Waals surface area contributed by atoms with Crippen molar-refractivity contribution < 1.29 is 18.3 Å². The lowest BCUT2D eigenvalue weighted by atomic mass is 9.89. The molecule has 4 rings (SSSR count). The molecule has 0 bridgehead atoms. The SMILES string of the molecule is CC.CC.CC.CC(C)(CC1=C(c2ccccc2)Cc2ccccc21)NS(=O)(=O)c1ccc([N+](=O)[O-])cc1[N+](=O)[O-]. The molecular formula is C31H41N3O6S. The highest BCUT2D eigenvalue weighted by atomic mass is 32.2. The Morgan fingerprint density at radius 3 is 1.93 bits per heavy atom. The number of benzene rings is 3. The van der Waals surface area contributed by atoms with Crippen LogP contribution in [-0.4, -0.2) is 23.8 Å². The Labute approximate surface area is 243 Å². The van der Waals surface area contributed by atoms with Gasteiger partial charge >= 0.3 is 0 Å². The average Bonchev–Trinajstić information content (AvgIpc) is 3.33. The summed E-state index contributed by atoms with van der Waals surface area (Å²) < 4.78 is 29.0. The van der Waals surface area contributed by atoms with Gasteiger partial charge in [0.25, 0.3) is 11.4 Å². The Hall–Kier alpha value is -3.89. The molecule has 3 aromatic carbocycles. The molecule has 0 spiro atoms. The summed E-state index contributed by atoms with van der Waals surface area (Å²) in [7, 11) is -4.37. The standard InChI is InChI=1S/C25H23N3O6S.3C2H6/c1-25(2,26-35(33,34)24-13-12-19(27(29)30)15-23(24)28(31)32)16-22-20-11-7-6-10-18(20)14-21(22)17-8-4-3-5-9-17;3*1-2/h3-13,15,26H,14,16H2,1-2H3;3*1-2H3. The van der Waals surface area contributed by atoms with Gasteiger partial charge < -0.3 is 0 Å². The number of hydrogen-bond donors (Lipinski definition) is 1. The summed E-state index contributed by atoms with van der Waals surface area (Å²) in [6.45, 7) is 15.4. The molecule has 0 saturated carbocycles. The van der Waals surface area contributed by atoms with E-state index in [9.17, 15) is 28.6 Å². The molecule has 1 N–H and O–H groups in total. The average molecular weight is 584 g/mol. The maximum Gasteiger partial charge on any atom is 0.296 e. The fraction of sp³-hybridized carbons (Fsp3) is 0.355. The molecule has 1 aliphatic rings. The number of nitro groups is 2. The Morgan fingerprint density at radius 1 is 0.805 bits per heavy atom. The van der Waals surface area contributed by atoms with E-state index in [1.807, 2.05) is 96.1 Å². The summed E-state index contributed by atoms with van der Waals surface area (Å²) in [5.41, 5.74) is 2.89. The topological polar surface area (TPSA) is 132 Å². The van der Waals surface area contributed by atoms with Crippen molar-refractivity contribution in [1.29, 1.82) is 0 Å². The summed E-state index contributed by atoms with van der Waals surface area (Å²) in [6, 6.07) is 20.3. The number of non-ortho nitro benzene ring substituents is 1. The highest BCUT2D eigenvalue weighted by Gasteiger charge is 2.35. The van der Waals surface area contributed by atoms with Crippen molar-refractivity contribution in [3.63, 3.8) is 0 Å². The number of hydrogen-bond acceptors (Lipinski definition) is 6. The van der Waals surface area contributed by atoms with E-state index in [0.717, 1.165) is 40.0 Å². The van der Waals surface area contributed by atoms with Crippen molar-refractivity contribution in [2.45, 2.75) is 78.7 Å². The number of nitrogens with zero attached hydrogens (tertiary/aromatic N) is 2. The van der Waals surface area contributed by atoms with Crippen molar-refractivity contribution in [2.24, 2.45) is 0 Å². The van der Waals surface area contributed by atoms with Crippen LogP contribution in [0, 0.1) is 20.2 Å². The van der Waals surface area contributed by atoms with E-state index in [4.69, 9.17) is 0 Å². The van der Waals surface area contributed by atoms with Crippen LogP contribution in [0.5, 0.6) is 0 Å². The van der Waals surface area contributed by atoms with E-state index in [0.29, 0.717) is 18.9 Å². The fourth-order valence-electron chi connectivity index (χ4n) is 4.43. The van der Waals surface area contributed by atoms with Crippen LogP contribution in [0.3, 0.4) is 0 Å². The minimum absolute atomic E-state index is 0.328. The predicted molar refractivity (Wildman–Crippen MR) is 166 cm³/mol. The highest BCUT2D eigenvalue weighted by molar-refractivity contribution is 7.89. The van der Waals surface area contributed by atoms with E-state index in [-0.39, 0.29) is 0 Å². The molecule has 222 valence electrons. The van der Waals surface area contributed by atoms with E-state index in [1.54, 1.807) is 13.8 Å². The second kappa shape index (κ2) is 15.8. The molecule has 0 saturated heterocycles. The first-order chi connectivity index (χ1) is 19.5. The molecule has 3 aromatic rings. The van der Waals surface area contributed by atoms with E-state index >= 15 is 0 Å². The summed E-state index contributed by atoms with van der Waals surface area (Å²) in [4.78, 5) is 20.2. The first-order valence-electron chi connectivity index (χ1n) is 13.8. The number of nitro benzene ring substituents is 2. The van der Waals surface area contributed by atoms with Gasteiger partial charge in [-0.05, 0) is 60.6 Å². The van der Waals surface area contributed by atoms with Gasteiger partial charge in [0.1, 0.15) is 0 Å². The summed E-state index contributed by atoms with van der Waals surface area (Å²) >= 11 is 0. The molecule has 1 aliphatic carbocycles. The predicted octanol–water partition coefficient (Wildman–Crippen LogP) is 8.20. The monoisotopic (exact) mass is 583 g/mol. The molecule has 0 unspecified atom stereocenters. The van der Waals surface area contributed by atoms with Gasteiger partial charge in [-0.25, -0.2) is 13.1 Å². The van der Waals surface area contributed by atoms with Crippen LogP contribution in [0.4, 0.5) is 11.4 Å². The molecule has 0 aromatic heterocycles. The van der Waals surface area contributed by atoms with Gasteiger partial charge in [-0.2, -0.15) is 0 Å². The van der Waals surface area contributed by atoms with Crippen LogP contribution in [0.15, 0.2) is 77.7 Å². The van der Waals surface area contributed by atoms with Gasteiger partial charge in [0.15, 0.2) is 4.90 Å². The lowest BCUT2D eigenvalue weighted by Gasteiger charge is -2.27. The molecule has 0 heterocycles. The van der Waals surface area contributed by atoms with Crippen LogP contribution < -0.4 is 4.72 Å². The number of fused-ring (bicyclic) bond motifs is 1. The summed E-state index contributed by atoms with van der Waals surface area (Å²) in [6.07, 6.45) is 1.04. The largest absolute Gasteiger partial charge is 0.296 e. The Bertz CT molecular complexity index is 1470. The van der Waals surface area contributed by atoms with Gasteiger partial charge in [-0.1, -0.05) is 96.1 Å². The minimum atomic E-state index is -4.37. The Morgan fingerprint density at radius 2 is 1.37 bits per heavy atom. The molecule has 0 atom stereocenters. The van der Waals surface area contributed by atoms with Crippen molar-refractivity contribution in [1.82, 2.24) is 4.72 Å². The van der Waals surface area contributed by atoms with E-state index in [2.05, 4.69) is 4.72 Å². The van der Waals surface area contributed by atoms with Crippen LogP contribution in [0.1, 0.15) is 78.5 Å². The quantitative estimate of drug-likeness (QED) is 0.210. The Balaban J connectivity index is 0.00000131. The molecule has 0 aliphatic heterocycles. The lowest BCUT2D eigenvalue weighted by molar-refractivity contribution is -0.396. The second-order valence-electron chi connectivity index (χ2n) is 8.99. The number of rotatable bonds is 8. The smallest absolute Gasteiger partial charge is 0.258 e. The summed E-state index contributed by atoms with van der Waals surface area (Å²) in [5.74, 6) is 0. The third-order valence-electron chi connectivity index (χ3n) is 5.87. The number of allylic oxidation sites excluding steroid dienone is 1. The fourth-order valence-corrected chi connectivity index (χ4v) is 6.00. The maximum atomic E-state index is 13.2. The molecule has 9 nitrogen and oxygen atoms in total. The normalized spacial score (nSPS) is 12.0. The maximum absolute atomic E-state index is 13.2. The van der Waals surface area contributed by atoms with Gasteiger partial charge in [-0.3, -0.25) is 20.2 Å². The van der Waals surface area contributed by atoms with E-state index in [1.165, 1.54) is 0 Å². The van der Waals surface area contributed by atoms with Crippen LogP contribution in [-0.2, 0) is 16.4 Å². The molecule has 41 heavy (non-hydrogen) atoms. The van der Waals surface area contributed by atoms with Gasteiger partial charge in [0.2, 0.25) is 10.0 Å². The highest BCUT2D eigenvalue weighted by Crippen LogP contribution is 2.42. The van der Waals surface area contributed by atoms with Gasteiger partial charge in [-0.15, -0.1) is 0 Å². The number of sulfonamides is 1. The van der Waals surface area contributed by atoms with Gasteiger partial charge in [0, 0.05) is 11.6 Å². The van der Waals surface area contributed by atoms with Crippen molar-refractivity contribution in [2.75, 3.05) is 0 Å². The van der Waals surface area contributed by atoms with Crippen molar-refractivity contribution >= 4 is 32.5 Å². The lowest BCUT2D eigenvalue weighted by Crippen LogP contribution is -2.43. The van der Waals surface area contributed by atoms with Crippen molar-refractivity contribution in [3.05, 3.63) is 110 Å². The zero-order chi connectivity index (χ0) is 31.4. The van der Waals surface area contributed by atoms with E-state index < -0.39 is 41.7 Å². The van der Waals surface area contributed by atoms with Crippen molar-refractivity contribution in [3.8, 4) is 0 Å². The van der Waals surface area contributed by atoms with Crippen LogP contribution in [0.25, 0.3) is 11.1 Å². The molecule has 10 heteroatoms. The number of nitrogens with one attached hydrogen (secondary N) is 1. The first-order valence-corrected chi connectivity index (χ1v) is 15.3. The molecule has 0 fully saturated rings. The molecule has 0 amide bonds. The summed E-state index contributed by atoms with van der Waals surface area (Å²) in [5, 5.41) is 22.5. The third kappa shape index (κ3) is 8.80. The zero-order valence-corrected chi connectivity index (χ0v) is 25.9. The van der Waals surface area contributed by atoms with Gasteiger partial charge in [0.05, 0.1) is 15.9 Å². The first kappa shape index (κ1) is 35.1. The molecule has 0 radical (unpaired) electrons. The van der Waals surface area contributed by atoms with Crippen LogP contribution in [0.2, 0.25) is 0 Å². The second-order valence-corrected chi connectivity index (χ2v) is 10.6. The minimum Gasteiger partial charge on any atom is -0.258 e. The van der Waals surface area contributed by atoms with Crippen LogP contribution >= 0.6 is 0 Å². The third-order valence-corrected chi connectivity index (χ3v) is 7.61.